The predicted molar refractivity (Wildman–Crippen MR) is 86.3 cm³/mol. The van der Waals surface area contributed by atoms with Gasteiger partial charge in [-0.25, -0.2) is 9.97 Å². The number of nitrogens with one attached hydrogen (secondary N) is 2. The van der Waals surface area contributed by atoms with Crippen LogP contribution in [-0.4, -0.2) is 36.1 Å². The summed E-state index contributed by atoms with van der Waals surface area (Å²) in [6.45, 7) is 5.22. The molecular formula is C16H20N4O2. The molecule has 0 atom stereocenters. The zero-order chi connectivity index (χ0) is 15.9. The zero-order valence-corrected chi connectivity index (χ0v) is 13.0. The molecule has 6 nitrogen and oxygen atoms in total. The fourth-order valence-electron chi connectivity index (χ4n) is 1.82. The molecule has 0 saturated heterocycles. The predicted octanol–water partition coefficient (Wildman–Crippen LogP) is 2.40. The molecule has 0 radical (unpaired) electrons. The third kappa shape index (κ3) is 4.26. The van der Waals surface area contributed by atoms with Gasteiger partial charge in [0.25, 0.3) is 5.91 Å². The van der Waals surface area contributed by atoms with Crippen molar-refractivity contribution < 1.29 is 9.53 Å². The molecule has 1 aromatic heterocycles. The van der Waals surface area contributed by atoms with Crippen LogP contribution in [0.5, 0.6) is 0 Å². The molecule has 0 unspecified atom stereocenters. The Bertz CT molecular complexity index is 641. The van der Waals surface area contributed by atoms with Crippen LogP contribution in [0.3, 0.4) is 0 Å². The quantitative estimate of drug-likeness (QED) is 0.801. The summed E-state index contributed by atoms with van der Waals surface area (Å²) in [5, 5.41) is 5.83. The van der Waals surface area contributed by atoms with Gasteiger partial charge >= 0.3 is 0 Å². The lowest BCUT2D eigenvalue weighted by molar-refractivity contribution is 0.102. The number of carbonyl (C=O) groups excluding carboxylic acids is 1. The molecule has 0 saturated carbocycles. The maximum Gasteiger partial charge on any atom is 0.258 e. The van der Waals surface area contributed by atoms with Crippen molar-refractivity contribution in [3.63, 3.8) is 0 Å². The molecule has 0 aliphatic rings. The van der Waals surface area contributed by atoms with Crippen molar-refractivity contribution in [3.8, 4) is 0 Å². The van der Waals surface area contributed by atoms with Crippen LogP contribution >= 0.6 is 0 Å². The van der Waals surface area contributed by atoms with Crippen LogP contribution in [0.15, 0.2) is 30.6 Å². The fourth-order valence-corrected chi connectivity index (χ4v) is 1.82. The molecule has 1 amide bonds. The van der Waals surface area contributed by atoms with Crippen LogP contribution < -0.4 is 10.6 Å². The van der Waals surface area contributed by atoms with Crippen molar-refractivity contribution in [3.05, 3.63) is 47.3 Å². The highest BCUT2D eigenvalue weighted by Gasteiger charge is 2.08. The van der Waals surface area contributed by atoms with E-state index in [9.17, 15) is 4.79 Å². The molecule has 2 rings (SSSR count). The lowest BCUT2D eigenvalue weighted by atomic mass is 10.1. The molecule has 6 heteroatoms. The van der Waals surface area contributed by atoms with Crippen LogP contribution in [0.1, 0.15) is 21.5 Å². The Hall–Kier alpha value is -2.47. The van der Waals surface area contributed by atoms with Crippen molar-refractivity contribution >= 4 is 17.5 Å². The molecule has 0 aliphatic carbocycles. The summed E-state index contributed by atoms with van der Waals surface area (Å²) >= 11 is 0. The van der Waals surface area contributed by atoms with Crippen LogP contribution in [0, 0.1) is 13.8 Å². The minimum absolute atomic E-state index is 0.230. The monoisotopic (exact) mass is 300 g/mol. The van der Waals surface area contributed by atoms with E-state index in [1.807, 2.05) is 32.0 Å². The Morgan fingerprint density at radius 3 is 2.55 bits per heavy atom. The van der Waals surface area contributed by atoms with Crippen molar-refractivity contribution in [1.82, 2.24) is 9.97 Å². The van der Waals surface area contributed by atoms with Gasteiger partial charge in [-0.3, -0.25) is 4.79 Å². The Balaban J connectivity index is 1.98. The SMILES string of the molecule is COCCNc1ncc(C(=O)Nc2ccc(C)c(C)c2)cn1. The summed E-state index contributed by atoms with van der Waals surface area (Å²) < 4.78 is 4.93. The second-order valence-corrected chi connectivity index (χ2v) is 4.97. The van der Waals surface area contributed by atoms with E-state index < -0.39 is 0 Å². The van der Waals surface area contributed by atoms with Gasteiger partial charge in [0, 0.05) is 31.7 Å². The number of rotatable bonds is 6. The number of aryl methyl sites for hydroxylation is 2. The van der Waals surface area contributed by atoms with Gasteiger partial charge < -0.3 is 15.4 Å². The van der Waals surface area contributed by atoms with Crippen LogP contribution in [0.25, 0.3) is 0 Å². The number of methoxy groups -OCH3 is 1. The van der Waals surface area contributed by atoms with Gasteiger partial charge in [0.15, 0.2) is 0 Å². The first kappa shape index (κ1) is 15.9. The number of anilines is 2. The summed E-state index contributed by atoms with van der Waals surface area (Å²) in [5.41, 5.74) is 3.49. The maximum absolute atomic E-state index is 12.2. The smallest absolute Gasteiger partial charge is 0.258 e. The van der Waals surface area contributed by atoms with E-state index in [0.717, 1.165) is 11.3 Å². The van der Waals surface area contributed by atoms with E-state index in [4.69, 9.17) is 4.74 Å². The number of amides is 1. The van der Waals surface area contributed by atoms with Gasteiger partial charge in [-0.15, -0.1) is 0 Å². The van der Waals surface area contributed by atoms with Gasteiger partial charge in [-0.2, -0.15) is 0 Å². The Morgan fingerprint density at radius 2 is 1.91 bits per heavy atom. The number of nitrogens with zero attached hydrogens (tertiary/aromatic N) is 2. The van der Waals surface area contributed by atoms with Gasteiger partial charge in [-0.05, 0) is 37.1 Å². The second kappa shape index (κ2) is 7.51. The largest absolute Gasteiger partial charge is 0.383 e. The molecule has 0 fully saturated rings. The molecule has 0 aliphatic heterocycles. The van der Waals surface area contributed by atoms with Crippen molar-refractivity contribution in [2.24, 2.45) is 0 Å². The Morgan fingerprint density at radius 1 is 1.18 bits per heavy atom. The lowest BCUT2D eigenvalue weighted by Crippen LogP contribution is -2.14. The third-order valence-electron chi connectivity index (χ3n) is 3.27. The lowest BCUT2D eigenvalue weighted by Gasteiger charge is -2.08. The number of hydrogen-bond donors (Lipinski definition) is 2. The van der Waals surface area contributed by atoms with Gasteiger partial charge in [0.1, 0.15) is 0 Å². The Labute approximate surface area is 129 Å². The first-order valence-corrected chi connectivity index (χ1v) is 7.03. The standard InChI is InChI=1S/C16H20N4O2/c1-11-4-5-14(8-12(11)2)20-15(21)13-9-18-16(19-10-13)17-6-7-22-3/h4-5,8-10H,6-7H2,1-3H3,(H,20,21)(H,17,18,19). The van der Waals surface area contributed by atoms with E-state index in [1.54, 1.807) is 7.11 Å². The minimum atomic E-state index is -0.230. The van der Waals surface area contributed by atoms with E-state index in [2.05, 4.69) is 20.6 Å². The van der Waals surface area contributed by atoms with Crippen molar-refractivity contribution in [1.29, 1.82) is 0 Å². The Kier molecular flexibility index (Phi) is 5.43. The first-order chi connectivity index (χ1) is 10.6. The minimum Gasteiger partial charge on any atom is -0.383 e. The number of aromatic nitrogens is 2. The molecule has 1 heterocycles. The summed E-state index contributed by atoms with van der Waals surface area (Å²) in [7, 11) is 1.63. The zero-order valence-electron chi connectivity index (χ0n) is 13.0. The van der Waals surface area contributed by atoms with E-state index in [1.165, 1.54) is 18.0 Å². The molecule has 22 heavy (non-hydrogen) atoms. The highest BCUT2D eigenvalue weighted by Crippen LogP contribution is 2.15. The molecule has 2 N–H and O–H groups in total. The van der Waals surface area contributed by atoms with Crippen molar-refractivity contribution in [2.75, 3.05) is 30.9 Å². The van der Waals surface area contributed by atoms with E-state index in [-0.39, 0.29) is 5.91 Å². The summed E-state index contributed by atoms with van der Waals surface area (Å²) in [6, 6.07) is 5.79. The highest BCUT2D eigenvalue weighted by atomic mass is 16.5. The third-order valence-corrected chi connectivity index (χ3v) is 3.27. The summed E-state index contributed by atoms with van der Waals surface area (Å²) in [6.07, 6.45) is 3.00. The number of ether oxygens (including phenoxy) is 1. The molecular weight excluding hydrogens is 280 g/mol. The summed E-state index contributed by atoms with van der Waals surface area (Å²) in [4.78, 5) is 20.4. The first-order valence-electron chi connectivity index (χ1n) is 7.03. The molecule has 0 bridgehead atoms. The highest BCUT2D eigenvalue weighted by molar-refractivity contribution is 6.03. The number of benzene rings is 1. The average Bonchev–Trinajstić information content (AvgIpc) is 2.52. The van der Waals surface area contributed by atoms with Crippen LogP contribution in [0.2, 0.25) is 0 Å². The second-order valence-electron chi connectivity index (χ2n) is 4.97. The number of hydrogen-bond acceptors (Lipinski definition) is 5. The maximum atomic E-state index is 12.2. The van der Waals surface area contributed by atoms with Gasteiger partial charge in [0.05, 0.1) is 12.2 Å². The molecule has 0 spiro atoms. The van der Waals surface area contributed by atoms with Crippen molar-refractivity contribution in [2.45, 2.75) is 13.8 Å². The van der Waals surface area contributed by atoms with Gasteiger partial charge in [0.2, 0.25) is 5.95 Å². The fraction of sp³-hybridized carbons (Fsp3) is 0.312. The number of carbonyl (C=O) groups is 1. The van der Waals surface area contributed by atoms with Crippen LogP contribution in [0.4, 0.5) is 11.6 Å². The van der Waals surface area contributed by atoms with Crippen LogP contribution in [-0.2, 0) is 4.74 Å². The summed E-state index contributed by atoms with van der Waals surface area (Å²) in [5.74, 6) is 0.242. The molecule has 2 aromatic rings. The topological polar surface area (TPSA) is 76.1 Å². The molecule has 116 valence electrons. The van der Waals surface area contributed by atoms with Gasteiger partial charge in [-0.1, -0.05) is 6.07 Å². The normalized spacial score (nSPS) is 10.3. The van der Waals surface area contributed by atoms with E-state index in [0.29, 0.717) is 24.7 Å². The molecule has 1 aromatic carbocycles. The average molecular weight is 300 g/mol. The van der Waals surface area contributed by atoms with E-state index >= 15 is 0 Å².